The third-order valence-electron chi connectivity index (χ3n) is 5.53. The highest BCUT2D eigenvalue weighted by molar-refractivity contribution is 6.46. The van der Waals surface area contributed by atoms with Crippen molar-refractivity contribution in [2.45, 2.75) is 32.4 Å². The second-order valence-electron chi connectivity index (χ2n) is 7.80. The molecule has 0 bridgehead atoms. The van der Waals surface area contributed by atoms with Gasteiger partial charge in [-0.3, -0.25) is 19.6 Å². The molecule has 1 aromatic carbocycles. The second-order valence-corrected chi connectivity index (χ2v) is 7.80. The number of aliphatic hydroxyl groups is 1. The lowest BCUT2D eigenvalue weighted by Gasteiger charge is -2.25. The lowest BCUT2D eigenvalue weighted by molar-refractivity contribution is -0.140. The summed E-state index contributed by atoms with van der Waals surface area (Å²) in [7, 11) is 0. The van der Waals surface area contributed by atoms with Gasteiger partial charge in [0.2, 0.25) is 0 Å². The quantitative estimate of drug-likeness (QED) is 0.242. The van der Waals surface area contributed by atoms with Crippen LogP contribution in [-0.2, 0) is 16.1 Å². The SMILES string of the molecule is CCCCOc1ccc(/C(O)=C2\C(=O)C(=O)N(Cc3cccnc3)[C@@H]2c2ccncc2)cc1. The molecular weight excluding hydrogens is 418 g/mol. The van der Waals surface area contributed by atoms with Gasteiger partial charge >= 0.3 is 0 Å². The normalized spacial score (nSPS) is 17.4. The first-order valence-corrected chi connectivity index (χ1v) is 10.9. The maximum Gasteiger partial charge on any atom is 0.295 e. The Balaban J connectivity index is 1.72. The Morgan fingerprint density at radius 2 is 1.79 bits per heavy atom. The minimum absolute atomic E-state index is 0.0507. The van der Waals surface area contributed by atoms with Crippen LogP contribution in [0.2, 0.25) is 0 Å². The molecule has 1 aliphatic rings. The van der Waals surface area contributed by atoms with Crippen molar-refractivity contribution < 1.29 is 19.4 Å². The van der Waals surface area contributed by atoms with Crippen LogP contribution in [0.5, 0.6) is 5.75 Å². The van der Waals surface area contributed by atoms with E-state index in [0.717, 1.165) is 18.4 Å². The summed E-state index contributed by atoms with van der Waals surface area (Å²) in [5, 5.41) is 11.1. The van der Waals surface area contributed by atoms with Crippen molar-refractivity contribution in [1.82, 2.24) is 14.9 Å². The zero-order valence-corrected chi connectivity index (χ0v) is 18.3. The van der Waals surface area contributed by atoms with E-state index in [1.807, 2.05) is 6.07 Å². The number of nitrogens with zero attached hydrogens (tertiary/aromatic N) is 3. The van der Waals surface area contributed by atoms with Gasteiger partial charge in [0.15, 0.2) is 0 Å². The summed E-state index contributed by atoms with van der Waals surface area (Å²) in [5.74, 6) is -0.921. The number of amides is 1. The number of rotatable bonds is 8. The van der Waals surface area contributed by atoms with Crippen molar-refractivity contribution in [3.63, 3.8) is 0 Å². The molecule has 0 radical (unpaired) electrons. The van der Waals surface area contributed by atoms with Crippen LogP contribution in [0.25, 0.3) is 5.76 Å². The summed E-state index contributed by atoms with van der Waals surface area (Å²) in [6.45, 7) is 2.89. The van der Waals surface area contributed by atoms with Crippen LogP contribution >= 0.6 is 0 Å². The zero-order valence-electron chi connectivity index (χ0n) is 18.3. The monoisotopic (exact) mass is 443 g/mol. The molecule has 2 aromatic heterocycles. The molecule has 1 saturated heterocycles. The molecule has 1 N–H and O–H groups in total. The summed E-state index contributed by atoms with van der Waals surface area (Å²) in [4.78, 5) is 35.7. The molecule has 0 unspecified atom stereocenters. The van der Waals surface area contributed by atoms with Gasteiger partial charge in [0.05, 0.1) is 18.2 Å². The Hall–Kier alpha value is -4.00. The van der Waals surface area contributed by atoms with Gasteiger partial charge in [-0.25, -0.2) is 0 Å². The first-order chi connectivity index (χ1) is 16.1. The van der Waals surface area contributed by atoms with E-state index >= 15 is 0 Å². The summed E-state index contributed by atoms with van der Waals surface area (Å²) in [5.41, 5.74) is 1.97. The predicted molar refractivity (Wildman–Crippen MR) is 123 cm³/mol. The summed E-state index contributed by atoms with van der Waals surface area (Å²) >= 11 is 0. The van der Waals surface area contributed by atoms with Gasteiger partial charge in [-0.05, 0) is 60.0 Å². The van der Waals surface area contributed by atoms with Gasteiger partial charge in [-0.1, -0.05) is 19.4 Å². The Bertz CT molecular complexity index is 1150. The molecule has 3 heterocycles. The third kappa shape index (κ3) is 4.77. The average molecular weight is 444 g/mol. The molecule has 0 aliphatic carbocycles. The van der Waals surface area contributed by atoms with Crippen LogP contribution in [0.1, 0.15) is 42.5 Å². The van der Waals surface area contributed by atoms with Gasteiger partial charge in [-0.15, -0.1) is 0 Å². The topological polar surface area (TPSA) is 92.6 Å². The number of aliphatic hydroxyl groups excluding tert-OH is 1. The van der Waals surface area contributed by atoms with Crippen molar-refractivity contribution in [3.8, 4) is 5.75 Å². The Labute approximate surface area is 192 Å². The molecular formula is C26H25N3O4. The van der Waals surface area contributed by atoms with Crippen LogP contribution in [0.4, 0.5) is 0 Å². The zero-order chi connectivity index (χ0) is 23.2. The standard InChI is InChI=1S/C26H25N3O4/c1-2-3-15-33-21-8-6-20(7-9-21)24(30)22-23(19-10-13-27-14-11-19)29(26(32)25(22)31)17-18-5-4-12-28-16-18/h4-14,16,23,30H,2-3,15,17H2,1H3/b24-22+/t23-/m1/s1. The Morgan fingerprint density at radius 3 is 2.45 bits per heavy atom. The van der Waals surface area contributed by atoms with E-state index in [-0.39, 0.29) is 17.9 Å². The highest BCUT2D eigenvalue weighted by Gasteiger charge is 2.46. The molecule has 168 valence electrons. The number of likely N-dealkylation sites (tertiary alicyclic amines) is 1. The largest absolute Gasteiger partial charge is 0.507 e. The predicted octanol–water partition coefficient (Wildman–Crippen LogP) is 4.28. The van der Waals surface area contributed by atoms with Crippen LogP contribution in [0.3, 0.4) is 0 Å². The number of carbonyl (C=O) groups is 2. The van der Waals surface area contributed by atoms with Gasteiger partial charge in [-0.2, -0.15) is 0 Å². The number of hydrogen-bond donors (Lipinski definition) is 1. The summed E-state index contributed by atoms with van der Waals surface area (Å²) in [6, 6.07) is 13.2. The highest BCUT2D eigenvalue weighted by atomic mass is 16.5. The number of hydrogen-bond acceptors (Lipinski definition) is 6. The van der Waals surface area contributed by atoms with E-state index in [0.29, 0.717) is 23.5 Å². The van der Waals surface area contributed by atoms with E-state index in [4.69, 9.17) is 4.74 Å². The fourth-order valence-electron chi connectivity index (χ4n) is 3.82. The smallest absolute Gasteiger partial charge is 0.295 e. The van der Waals surface area contributed by atoms with E-state index in [1.165, 1.54) is 4.90 Å². The summed E-state index contributed by atoms with van der Waals surface area (Å²) in [6.07, 6.45) is 8.48. The van der Waals surface area contributed by atoms with Gasteiger partial charge in [0.25, 0.3) is 11.7 Å². The molecule has 4 rings (SSSR count). The minimum atomic E-state index is -0.742. The van der Waals surface area contributed by atoms with Crippen molar-refractivity contribution in [2.75, 3.05) is 6.61 Å². The lowest BCUT2D eigenvalue weighted by atomic mass is 9.96. The molecule has 7 heteroatoms. The molecule has 7 nitrogen and oxygen atoms in total. The number of Topliss-reactive ketones (excluding diaryl/α,β-unsaturated/α-hetero) is 1. The molecule has 1 atom stereocenters. The molecule has 0 spiro atoms. The van der Waals surface area contributed by atoms with Gasteiger partial charge < -0.3 is 14.7 Å². The average Bonchev–Trinajstić information content (AvgIpc) is 3.10. The third-order valence-corrected chi connectivity index (χ3v) is 5.53. The number of ketones is 1. The van der Waals surface area contributed by atoms with Crippen molar-refractivity contribution in [1.29, 1.82) is 0 Å². The molecule has 3 aromatic rings. The van der Waals surface area contributed by atoms with Crippen LogP contribution in [-0.4, -0.2) is 38.3 Å². The Kier molecular flexibility index (Phi) is 6.78. The fourth-order valence-corrected chi connectivity index (χ4v) is 3.82. The van der Waals surface area contributed by atoms with E-state index in [1.54, 1.807) is 67.3 Å². The second kappa shape index (κ2) is 10.1. The van der Waals surface area contributed by atoms with Crippen LogP contribution < -0.4 is 4.74 Å². The fraction of sp³-hybridized carbons (Fsp3) is 0.231. The van der Waals surface area contributed by atoms with E-state index < -0.39 is 17.7 Å². The van der Waals surface area contributed by atoms with Gasteiger partial charge in [0.1, 0.15) is 11.5 Å². The first kappa shape index (κ1) is 22.2. The highest BCUT2D eigenvalue weighted by Crippen LogP contribution is 2.40. The first-order valence-electron chi connectivity index (χ1n) is 10.9. The molecule has 1 amide bonds. The molecule has 0 saturated carbocycles. The summed E-state index contributed by atoms with van der Waals surface area (Å²) < 4.78 is 5.68. The van der Waals surface area contributed by atoms with Crippen LogP contribution in [0.15, 0.2) is 78.9 Å². The number of benzene rings is 1. The maximum absolute atomic E-state index is 13.1. The van der Waals surface area contributed by atoms with Crippen molar-refractivity contribution in [2.24, 2.45) is 0 Å². The van der Waals surface area contributed by atoms with Crippen molar-refractivity contribution in [3.05, 3.63) is 95.6 Å². The van der Waals surface area contributed by atoms with Gasteiger partial charge in [0, 0.05) is 36.9 Å². The molecule has 33 heavy (non-hydrogen) atoms. The number of unbranched alkanes of at least 4 members (excludes halogenated alkanes) is 1. The number of aromatic nitrogens is 2. The van der Waals surface area contributed by atoms with E-state index in [9.17, 15) is 14.7 Å². The maximum atomic E-state index is 13.1. The number of ether oxygens (including phenoxy) is 1. The van der Waals surface area contributed by atoms with E-state index in [2.05, 4.69) is 16.9 Å². The lowest BCUT2D eigenvalue weighted by Crippen LogP contribution is -2.29. The molecule has 1 aliphatic heterocycles. The van der Waals surface area contributed by atoms with Crippen LogP contribution in [0, 0.1) is 0 Å². The number of carbonyl (C=O) groups excluding carboxylic acids is 2. The molecule has 1 fully saturated rings. The Morgan fingerprint density at radius 1 is 1.03 bits per heavy atom. The van der Waals surface area contributed by atoms with Crippen molar-refractivity contribution >= 4 is 17.4 Å². The number of pyridine rings is 2. The minimum Gasteiger partial charge on any atom is -0.507 e.